The number of halogens is 1. The number of carbonyl (C=O) groups is 1. The van der Waals surface area contributed by atoms with Crippen molar-refractivity contribution in [2.45, 2.75) is 6.92 Å². The Morgan fingerprint density at radius 1 is 1.35 bits per heavy atom. The second kappa shape index (κ2) is 5.56. The van der Waals surface area contributed by atoms with E-state index in [1.165, 1.54) is 31.4 Å². The number of anilines is 2. The largest absolute Gasteiger partial charge is 0.494 e. The molecule has 5 nitrogen and oxygen atoms in total. The monoisotopic (exact) mass is 276 g/mol. The maximum atomic E-state index is 13.5. The van der Waals surface area contributed by atoms with Crippen molar-refractivity contribution >= 4 is 17.5 Å². The summed E-state index contributed by atoms with van der Waals surface area (Å²) < 4.78 is 18.4. The number of hydrogen-bond donors (Lipinski definition) is 2. The normalized spacial score (nSPS) is 10.2. The summed E-state index contributed by atoms with van der Waals surface area (Å²) in [7, 11) is 1.39. The molecular weight excluding hydrogens is 263 g/mol. The molecule has 1 aromatic carbocycles. The van der Waals surface area contributed by atoms with E-state index in [4.69, 9.17) is 9.84 Å². The van der Waals surface area contributed by atoms with Crippen LogP contribution < -0.4 is 10.1 Å². The van der Waals surface area contributed by atoms with Crippen LogP contribution in [0.25, 0.3) is 0 Å². The Hall–Kier alpha value is -2.63. The summed E-state index contributed by atoms with van der Waals surface area (Å²) in [5, 5.41) is 11.8. The summed E-state index contributed by atoms with van der Waals surface area (Å²) in [4.78, 5) is 15.0. The van der Waals surface area contributed by atoms with Crippen molar-refractivity contribution in [3.8, 4) is 5.75 Å². The lowest BCUT2D eigenvalue weighted by atomic mass is 10.2. The molecule has 0 radical (unpaired) electrons. The van der Waals surface area contributed by atoms with Crippen LogP contribution in [0.4, 0.5) is 15.9 Å². The number of carboxylic acid groups (broad SMARTS) is 1. The van der Waals surface area contributed by atoms with Crippen LogP contribution >= 0.6 is 0 Å². The van der Waals surface area contributed by atoms with Crippen molar-refractivity contribution in [3.63, 3.8) is 0 Å². The van der Waals surface area contributed by atoms with Crippen LogP contribution in [-0.2, 0) is 0 Å². The van der Waals surface area contributed by atoms with Gasteiger partial charge in [-0.2, -0.15) is 0 Å². The molecule has 0 aliphatic carbocycles. The highest BCUT2D eigenvalue weighted by Crippen LogP contribution is 2.23. The number of aryl methyl sites for hydroxylation is 1. The van der Waals surface area contributed by atoms with Crippen molar-refractivity contribution in [1.82, 2.24) is 4.98 Å². The van der Waals surface area contributed by atoms with E-state index in [0.717, 1.165) is 0 Å². The molecule has 1 heterocycles. The molecule has 0 atom stereocenters. The van der Waals surface area contributed by atoms with Crippen LogP contribution in [0, 0.1) is 12.7 Å². The predicted octanol–water partition coefficient (Wildman–Crippen LogP) is 2.98. The van der Waals surface area contributed by atoms with E-state index >= 15 is 0 Å². The molecule has 2 rings (SSSR count). The molecule has 0 saturated heterocycles. The predicted molar refractivity (Wildman–Crippen MR) is 72.2 cm³/mol. The highest BCUT2D eigenvalue weighted by atomic mass is 19.1. The average molecular weight is 276 g/mol. The lowest BCUT2D eigenvalue weighted by Gasteiger charge is -2.09. The number of rotatable bonds is 4. The first kappa shape index (κ1) is 13.8. The van der Waals surface area contributed by atoms with Crippen LogP contribution in [0.2, 0.25) is 0 Å². The molecule has 104 valence electrons. The fraction of sp³-hybridized carbons (Fsp3) is 0.143. The van der Waals surface area contributed by atoms with Crippen LogP contribution in [0.15, 0.2) is 30.3 Å². The first-order chi connectivity index (χ1) is 9.51. The molecule has 2 aromatic rings. The van der Waals surface area contributed by atoms with E-state index in [1.54, 1.807) is 13.0 Å². The first-order valence-electron chi connectivity index (χ1n) is 5.83. The molecule has 0 aliphatic rings. The van der Waals surface area contributed by atoms with Gasteiger partial charge in [-0.3, -0.25) is 0 Å². The summed E-state index contributed by atoms with van der Waals surface area (Å²) in [5.41, 5.74) is 1.02. The average Bonchev–Trinajstić information content (AvgIpc) is 2.38. The van der Waals surface area contributed by atoms with Crippen molar-refractivity contribution in [2.75, 3.05) is 12.4 Å². The van der Waals surface area contributed by atoms with Crippen LogP contribution in [0.5, 0.6) is 5.75 Å². The standard InChI is InChI=1S/C14H13FN2O3/c1-8-10(14(18)19)4-6-13(16-8)17-9-3-5-12(20-2)11(15)7-9/h3-7H,1-2H3,(H,16,17)(H,18,19). The van der Waals surface area contributed by atoms with Gasteiger partial charge in [0.15, 0.2) is 11.6 Å². The zero-order valence-corrected chi connectivity index (χ0v) is 11.0. The van der Waals surface area contributed by atoms with Crippen molar-refractivity contribution in [3.05, 3.63) is 47.4 Å². The van der Waals surface area contributed by atoms with Gasteiger partial charge in [-0.1, -0.05) is 0 Å². The SMILES string of the molecule is COc1ccc(Nc2ccc(C(=O)O)c(C)n2)cc1F. The number of benzene rings is 1. The summed E-state index contributed by atoms with van der Waals surface area (Å²) in [6, 6.07) is 7.40. The molecule has 0 fully saturated rings. The van der Waals surface area contributed by atoms with Gasteiger partial charge in [-0.25, -0.2) is 14.2 Å². The van der Waals surface area contributed by atoms with Crippen LogP contribution in [0.3, 0.4) is 0 Å². The minimum Gasteiger partial charge on any atom is -0.494 e. The molecule has 0 aliphatic heterocycles. The third-order valence-electron chi connectivity index (χ3n) is 2.74. The van der Waals surface area contributed by atoms with Gasteiger partial charge < -0.3 is 15.2 Å². The van der Waals surface area contributed by atoms with Crippen LogP contribution in [-0.4, -0.2) is 23.2 Å². The number of pyridine rings is 1. The van der Waals surface area contributed by atoms with Gasteiger partial charge in [0.1, 0.15) is 5.82 Å². The fourth-order valence-corrected chi connectivity index (χ4v) is 1.75. The second-order valence-electron chi connectivity index (χ2n) is 4.11. The number of nitrogens with zero attached hydrogens (tertiary/aromatic N) is 1. The van der Waals surface area contributed by atoms with Crippen LogP contribution in [0.1, 0.15) is 16.1 Å². The molecule has 0 spiro atoms. The molecule has 20 heavy (non-hydrogen) atoms. The van der Waals surface area contributed by atoms with Crippen molar-refractivity contribution in [1.29, 1.82) is 0 Å². The van der Waals surface area contributed by atoms with Gasteiger partial charge in [-0.15, -0.1) is 0 Å². The molecule has 0 unspecified atom stereocenters. The number of hydrogen-bond acceptors (Lipinski definition) is 4. The summed E-state index contributed by atoms with van der Waals surface area (Å²) in [6.07, 6.45) is 0. The lowest BCUT2D eigenvalue weighted by molar-refractivity contribution is 0.0695. The Labute approximate surface area is 115 Å². The number of aromatic carboxylic acids is 1. The molecule has 2 N–H and O–H groups in total. The molecule has 0 amide bonds. The van der Waals surface area contributed by atoms with Gasteiger partial charge in [0.05, 0.1) is 18.4 Å². The Morgan fingerprint density at radius 2 is 2.10 bits per heavy atom. The smallest absolute Gasteiger partial charge is 0.337 e. The van der Waals surface area contributed by atoms with Gasteiger partial charge in [0.2, 0.25) is 0 Å². The topological polar surface area (TPSA) is 71.5 Å². The molecule has 6 heteroatoms. The maximum absolute atomic E-state index is 13.5. The minimum absolute atomic E-state index is 0.136. The number of carboxylic acids is 1. The Bertz CT molecular complexity index is 659. The van der Waals surface area contributed by atoms with Crippen molar-refractivity contribution < 1.29 is 19.0 Å². The third-order valence-corrected chi connectivity index (χ3v) is 2.74. The Morgan fingerprint density at radius 3 is 2.65 bits per heavy atom. The zero-order chi connectivity index (χ0) is 14.7. The summed E-state index contributed by atoms with van der Waals surface area (Å²) >= 11 is 0. The summed E-state index contributed by atoms with van der Waals surface area (Å²) in [5.74, 6) is -0.925. The summed E-state index contributed by atoms with van der Waals surface area (Å²) in [6.45, 7) is 1.60. The fourth-order valence-electron chi connectivity index (χ4n) is 1.75. The van der Waals surface area contributed by atoms with E-state index in [0.29, 0.717) is 17.2 Å². The highest BCUT2D eigenvalue weighted by molar-refractivity contribution is 5.89. The van der Waals surface area contributed by atoms with Gasteiger partial charge in [-0.05, 0) is 31.2 Å². The van der Waals surface area contributed by atoms with Gasteiger partial charge in [0.25, 0.3) is 0 Å². The highest BCUT2D eigenvalue weighted by Gasteiger charge is 2.09. The molecule has 0 saturated carbocycles. The number of ether oxygens (including phenoxy) is 1. The number of aromatic nitrogens is 1. The van der Waals surface area contributed by atoms with E-state index < -0.39 is 11.8 Å². The Kier molecular flexibility index (Phi) is 3.84. The first-order valence-corrected chi connectivity index (χ1v) is 5.83. The van der Waals surface area contributed by atoms with Gasteiger partial charge >= 0.3 is 5.97 Å². The Balaban J connectivity index is 2.24. The van der Waals surface area contributed by atoms with Crippen molar-refractivity contribution in [2.24, 2.45) is 0 Å². The second-order valence-corrected chi connectivity index (χ2v) is 4.11. The van der Waals surface area contributed by atoms with E-state index in [1.807, 2.05) is 0 Å². The minimum atomic E-state index is -1.03. The molecule has 0 bridgehead atoms. The van der Waals surface area contributed by atoms with E-state index in [-0.39, 0.29) is 11.3 Å². The quantitative estimate of drug-likeness (QED) is 0.898. The zero-order valence-electron chi connectivity index (χ0n) is 11.0. The molecular formula is C14H13FN2O3. The van der Waals surface area contributed by atoms with E-state index in [2.05, 4.69) is 10.3 Å². The third kappa shape index (κ3) is 2.85. The number of nitrogens with one attached hydrogen (secondary N) is 1. The van der Waals surface area contributed by atoms with Gasteiger partial charge in [0, 0.05) is 11.8 Å². The maximum Gasteiger partial charge on any atom is 0.337 e. The van der Waals surface area contributed by atoms with E-state index in [9.17, 15) is 9.18 Å². The number of methoxy groups -OCH3 is 1. The lowest BCUT2D eigenvalue weighted by Crippen LogP contribution is -2.03. The molecule has 1 aromatic heterocycles.